The van der Waals surface area contributed by atoms with E-state index in [1.54, 1.807) is 24.3 Å². The van der Waals surface area contributed by atoms with Crippen LogP contribution in [0.3, 0.4) is 0 Å². The van der Waals surface area contributed by atoms with Crippen LogP contribution in [0.25, 0.3) is 10.8 Å². The third-order valence-corrected chi connectivity index (χ3v) is 3.98. The Hall–Kier alpha value is -2.28. The lowest BCUT2D eigenvalue weighted by Crippen LogP contribution is -2.46. The predicted molar refractivity (Wildman–Crippen MR) is 84.4 cm³/mol. The zero-order chi connectivity index (χ0) is 20.1. The zero-order valence-electron chi connectivity index (χ0n) is 13.2. The maximum atomic E-state index is 13.8. The number of ether oxygens (including phenoxy) is 2. The van der Waals surface area contributed by atoms with Crippen LogP contribution in [0.2, 0.25) is 0 Å². The molecule has 2 aromatic rings. The number of fused-ring (bicyclic) bond motifs is 1. The molecule has 2 rings (SSSR count). The normalized spacial score (nSPS) is 14.0. The van der Waals surface area contributed by atoms with Crippen molar-refractivity contribution in [2.24, 2.45) is 0 Å². The Balaban J connectivity index is 1.92. The van der Waals surface area contributed by atoms with E-state index in [1.807, 2.05) is 0 Å². The first kappa shape index (κ1) is 21.0. The van der Waals surface area contributed by atoms with Gasteiger partial charge in [0.25, 0.3) is 0 Å². The highest BCUT2D eigenvalue weighted by atomic mass is 32.2. The van der Waals surface area contributed by atoms with Gasteiger partial charge in [-0.05, 0) is 29.7 Å². The van der Waals surface area contributed by atoms with Crippen molar-refractivity contribution >= 4 is 28.8 Å². The van der Waals surface area contributed by atoms with Gasteiger partial charge in [-0.25, -0.2) is 14.4 Å². The lowest BCUT2D eigenvalue weighted by Gasteiger charge is -2.22. The molecule has 2 N–H and O–H groups in total. The molecular weight excluding hydrogens is 400 g/mol. The number of alkyl halides is 4. The summed E-state index contributed by atoms with van der Waals surface area (Å²) in [5.74, 6) is -1.95. The standard InChI is InChI=1S/C15H12F4O7S/c16-14(15(17,18)19,27-26-25-22)13(21)24-7-6-23-10-4-5-11-9(8-10)2-1-3-12(11)20/h1-5,8,20,22H,6-7H2. The summed E-state index contributed by atoms with van der Waals surface area (Å²) < 4.78 is 64.7. The first-order valence-electron chi connectivity index (χ1n) is 7.12. The van der Waals surface area contributed by atoms with Crippen molar-refractivity contribution in [3.05, 3.63) is 36.4 Å². The summed E-state index contributed by atoms with van der Waals surface area (Å²) >= 11 is -1.11. The van der Waals surface area contributed by atoms with E-state index >= 15 is 0 Å². The molecule has 0 radical (unpaired) electrons. The molecule has 2 aromatic carbocycles. The molecular formula is C15H12F4O7S. The van der Waals surface area contributed by atoms with Gasteiger partial charge in [0, 0.05) is 5.39 Å². The number of carbonyl (C=O) groups is 1. The molecule has 0 amide bonds. The SMILES string of the molecule is O=C(OCCOc1ccc2c(O)cccc2c1)C(F)(SOOO)C(F)(F)F. The smallest absolute Gasteiger partial charge is 0.446 e. The maximum absolute atomic E-state index is 13.8. The molecule has 0 heterocycles. The molecule has 0 aliphatic rings. The second-order valence-electron chi connectivity index (χ2n) is 4.96. The van der Waals surface area contributed by atoms with Gasteiger partial charge in [0.15, 0.2) is 0 Å². The van der Waals surface area contributed by atoms with Gasteiger partial charge < -0.3 is 14.6 Å². The van der Waals surface area contributed by atoms with Gasteiger partial charge in [0.2, 0.25) is 0 Å². The van der Waals surface area contributed by atoms with Gasteiger partial charge in [-0.1, -0.05) is 17.2 Å². The molecule has 0 bridgehead atoms. The fraction of sp³-hybridized carbons (Fsp3) is 0.267. The summed E-state index contributed by atoms with van der Waals surface area (Å²) in [7, 11) is 0. The molecule has 7 nitrogen and oxygen atoms in total. The van der Waals surface area contributed by atoms with E-state index in [0.717, 1.165) is 0 Å². The maximum Gasteiger partial charge on any atom is 0.446 e. The Bertz CT molecular complexity index is 801. The van der Waals surface area contributed by atoms with Crippen LogP contribution in [0, 0.1) is 0 Å². The van der Waals surface area contributed by atoms with Crippen LogP contribution in [-0.2, 0) is 18.9 Å². The number of phenolic OH excluding ortho intramolecular Hbond substituents is 1. The lowest BCUT2D eigenvalue weighted by molar-refractivity contribution is -0.433. The molecule has 1 atom stereocenters. The number of benzene rings is 2. The molecule has 27 heavy (non-hydrogen) atoms. The fourth-order valence-electron chi connectivity index (χ4n) is 1.98. The highest BCUT2D eigenvalue weighted by Gasteiger charge is 2.66. The van der Waals surface area contributed by atoms with Gasteiger partial charge in [0.05, 0.1) is 12.0 Å². The van der Waals surface area contributed by atoms with Crippen LogP contribution >= 0.6 is 12.0 Å². The van der Waals surface area contributed by atoms with Gasteiger partial charge >= 0.3 is 17.1 Å². The Labute approximate surface area is 153 Å². The van der Waals surface area contributed by atoms with Crippen LogP contribution in [0.4, 0.5) is 17.6 Å². The van der Waals surface area contributed by atoms with Crippen LogP contribution in [-0.4, -0.2) is 40.7 Å². The van der Waals surface area contributed by atoms with Gasteiger partial charge in [-0.3, -0.25) is 0 Å². The Morgan fingerprint density at radius 2 is 1.85 bits per heavy atom. The summed E-state index contributed by atoms with van der Waals surface area (Å²) in [6.45, 7) is -1.06. The van der Waals surface area contributed by atoms with Crippen LogP contribution in [0.5, 0.6) is 11.5 Å². The average Bonchev–Trinajstić information content (AvgIpc) is 2.62. The van der Waals surface area contributed by atoms with Crippen molar-refractivity contribution in [3.8, 4) is 11.5 Å². The largest absolute Gasteiger partial charge is 0.507 e. The number of aromatic hydroxyl groups is 1. The quantitative estimate of drug-likeness (QED) is 0.169. The first-order chi connectivity index (χ1) is 12.7. The molecule has 1 unspecified atom stereocenters. The number of carbonyl (C=O) groups excluding carboxylic acids is 1. The van der Waals surface area contributed by atoms with Crippen LogP contribution in [0.1, 0.15) is 0 Å². The zero-order valence-corrected chi connectivity index (χ0v) is 14.1. The van der Waals surface area contributed by atoms with E-state index in [1.165, 1.54) is 12.1 Å². The second kappa shape index (κ2) is 8.61. The number of rotatable bonds is 8. The van der Waals surface area contributed by atoms with Gasteiger partial charge in [0.1, 0.15) is 24.7 Å². The molecule has 0 aromatic heterocycles. The summed E-state index contributed by atoms with van der Waals surface area (Å²) in [5, 5.41) is 17.0. The summed E-state index contributed by atoms with van der Waals surface area (Å²) in [6, 6.07) is 9.40. The average molecular weight is 412 g/mol. The Kier molecular flexibility index (Phi) is 6.70. The first-order valence-corrected chi connectivity index (χ1v) is 7.86. The van der Waals surface area contributed by atoms with E-state index in [0.29, 0.717) is 10.8 Å². The molecule has 0 fully saturated rings. The number of hydrogen-bond acceptors (Lipinski definition) is 8. The minimum absolute atomic E-state index is 0.0611. The molecule has 148 valence electrons. The molecule has 12 heteroatoms. The molecule has 0 aliphatic heterocycles. The van der Waals surface area contributed by atoms with E-state index in [4.69, 9.17) is 9.99 Å². The minimum atomic E-state index is -5.69. The van der Waals surface area contributed by atoms with Crippen molar-refractivity contribution in [3.63, 3.8) is 0 Å². The molecule has 0 spiro atoms. The monoisotopic (exact) mass is 412 g/mol. The van der Waals surface area contributed by atoms with Crippen LogP contribution < -0.4 is 4.74 Å². The van der Waals surface area contributed by atoms with E-state index < -0.39 is 35.8 Å². The number of hydrogen-bond donors (Lipinski definition) is 2. The molecule has 0 saturated carbocycles. The van der Waals surface area contributed by atoms with Gasteiger partial charge in [-0.2, -0.15) is 13.2 Å². The fourth-order valence-corrected chi connectivity index (χ4v) is 2.33. The second-order valence-corrected chi connectivity index (χ2v) is 5.83. The van der Waals surface area contributed by atoms with Crippen molar-refractivity contribution < 1.29 is 51.6 Å². The number of esters is 1. The molecule has 0 saturated heterocycles. The van der Waals surface area contributed by atoms with Gasteiger partial charge in [-0.15, -0.1) is 4.33 Å². The predicted octanol–water partition coefficient (Wildman–Crippen LogP) is 3.76. The van der Waals surface area contributed by atoms with Crippen LogP contribution in [0.15, 0.2) is 36.4 Å². The van der Waals surface area contributed by atoms with E-state index in [9.17, 15) is 27.5 Å². The minimum Gasteiger partial charge on any atom is -0.507 e. The summed E-state index contributed by atoms with van der Waals surface area (Å²) in [5.41, 5.74) is 0. The summed E-state index contributed by atoms with van der Waals surface area (Å²) in [4.78, 5) is 11.4. The Morgan fingerprint density at radius 1 is 1.11 bits per heavy atom. The molecule has 0 aliphatic carbocycles. The Morgan fingerprint density at radius 3 is 2.52 bits per heavy atom. The number of halogens is 4. The summed E-state index contributed by atoms with van der Waals surface area (Å²) in [6.07, 6.45) is -5.69. The van der Waals surface area contributed by atoms with E-state index in [-0.39, 0.29) is 18.1 Å². The number of phenols is 1. The van der Waals surface area contributed by atoms with Crippen molar-refractivity contribution in [1.82, 2.24) is 0 Å². The van der Waals surface area contributed by atoms with Crippen molar-refractivity contribution in [2.45, 2.75) is 11.2 Å². The highest BCUT2D eigenvalue weighted by molar-refractivity contribution is 7.96. The third-order valence-electron chi connectivity index (χ3n) is 3.22. The van der Waals surface area contributed by atoms with Crippen molar-refractivity contribution in [1.29, 1.82) is 0 Å². The topological polar surface area (TPSA) is 94.5 Å². The van der Waals surface area contributed by atoms with E-state index in [2.05, 4.69) is 14.1 Å². The lowest BCUT2D eigenvalue weighted by atomic mass is 10.1. The van der Waals surface area contributed by atoms with Crippen molar-refractivity contribution in [2.75, 3.05) is 13.2 Å². The third kappa shape index (κ3) is 4.91. The highest BCUT2D eigenvalue weighted by Crippen LogP contribution is 2.44.